The first-order valence-corrected chi connectivity index (χ1v) is 12.0. The van der Waals surface area contributed by atoms with Crippen molar-refractivity contribution in [1.29, 1.82) is 0 Å². The van der Waals surface area contributed by atoms with E-state index in [1.54, 1.807) is 0 Å². The minimum atomic E-state index is 0.0937. The van der Waals surface area contributed by atoms with E-state index in [9.17, 15) is 4.79 Å². The van der Waals surface area contributed by atoms with E-state index in [1.165, 1.54) is 39.2 Å². The molecule has 0 unspecified atom stereocenters. The predicted octanol–water partition coefficient (Wildman–Crippen LogP) is 6.23. The number of anilines is 1. The molecule has 1 N–H and O–H groups in total. The van der Waals surface area contributed by atoms with Gasteiger partial charge in [0.1, 0.15) is 0 Å². The van der Waals surface area contributed by atoms with Crippen LogP contribution in [0, 0.1) is 0 Å². The highest BCUT2D eigenvalue weighted by Gasteiger charge is 2.26. The number of aryl methyl sites for hydroxylation is 3. The fraction of sp³-hybridized carbons (Fsp3) is 0.571. The van der Waals surface area contributed by atoms with Gasteiger partial charge in [-0.3, -0.25) is 9.78 Å². The Bertz CT molecular complexity index is 941. The number of fused-ring (bicyclic) bond motifs is 2. The zero-order valence-electron chi connectivity index (χ0n) is 20.2. The summed E-state index contributed by atoms with van der Waals surface area (Å²) in [5, 5.41) is 3.32. The standard InChI is InChI=1S/C28H38N2O/c1-27(2,3)19-15-18(16-20(17-19)28(4,5)6)13-14-25(31)30-26-21-9-7-11-23(21)29-24-12-8-10-22(24)26/h15-17H,7-14H2,1-6H3,(H,29,30,31). The minimum absolute atomic E-state index is 0.0937. The number of nitrogens with one attached hydrogen (secondary N) is 1. The predicted molar refractivity (Wildman–Crippen MR) is 129 cm³/mol. The Hall–Kier alpha value is -2.16. The number of carbonyl (C=O) groups excluding carboxylic acids is 1. The second kappa shape index (κ2) is 8.07. The summed E-state index contributed by atoms with van der Waals surface area (Å²) in [7, 11) is 0. The molecule has 0 atom stereocenters. The lowest BCUT2D eigenvalue weighted by atomic mass is 9.79. The topological polar surface area (TPSA) is 42.0 Å². The van der Waals surface area contributed by atoms with Crippen LogP contribution in [-0.4, -0.2) is 10.9 Å². The van der Waals surface area contributed by atoms with Crippen molar-refractivity contribution < 1.29 is 4.79 Å². The molecule has 0 aliphatic heterocycles. The maximum atomic E-state index is 13.0. The van der Waals surface area contributed by atoms with E-state index in [0.29, 0.717) is 6.42 Å². The van der Waals surface area contributed by atoms with Gasteiger partial charge in [0.25, 0.3) is 0 Å². The monoisotopic (exact) mass is 418 g/mol. The van der Waals surface area contributed by atoms with Crippen LogP contribution < -0.4 is 5.32 Å². The highest BCUT2D eigenvalue weighted by Crippen LogP contribution is 2.37. The maximum absolute atomic E-state index is 13.0. The molecule has 1 amide bonds. The van der Waals surface area contributed by atoms with Crippen molar-refractivity contribution in [2.75, 3.05) is 5.32 Å². The van der Waals surface area contributed by atoms with Gasteiger partial charge < -0.3 is 5.32 Å². The number of pyridine rings is 1. The number of aromatic nitrogens is 1. The van der Waals surface area contributed by atoms with Crippen LogP contribution in [0.15, 0.2) is 18.2 Å². The molecule has 1 aromatic carbocycles. The summed E-state index contributed by atoms with van der Waals surface area (Å²) in [6.45, 7) is 13.6. The second-order valence-electron chi connectivity index (χ2n) is 11.5. The second-order valence-corrected chi connectivity index (χ2v) is 11.5. The zero-order valence-corrected chi connectivity index (χ0v) is 20.2. The molecule has 1 aromatic heterocycles. The average Bonchev–Trinajstić information content (AvgIpc) is 3.33. The molecule has 0 radical (unpaired) electrons. The largest absolute Gasteiger partial charge is 0.325 e. The summed E-state index contributed by atoms with van der Waals surface area (Å²) in [6.07, 6.45) is 7.81. The molecule has 1 heterocycles. The normalized spacial score (nSPS) is 15.7. The van der Waals surface area contributed by atoms with Gasteiger partial charge in [0.15, 0.2) is 0 Å². The van der Waals surface area contributed by atoms with E-state index in [0.717, 1.165) is 50.6 Å². The Kier molecular flexibility index (Phi) is 5.74. The Morgan fingerprint density at radius 2 is 1.35 bits per heavy atom. The van der Waals surface area contributed by atoms with Crippen molar-refractivity contribution in [3.8, 4) is 0 Å². The number of carbonyl (C=O) groups is 1. The summed E-state index contributed by atoms with van der Waals surface area (Å²) < 4.78 is 0. The molecule has 2 aliphatic rings. The van der Waals surface area contributed by atoms with Gasteiger partial charge in [0.2, 0.25) is 5.91 Å². The third-order valence-corrected chi connectivity index (χ3v) is 6.88. The van der Waals surface area contributed by atoms with Crippen LogP contribution in [0.25, 0.3) is 0 Å². The first-order chi connectivity index (χ1) is 14.5. The Labute approximate surface area is 188 Å². The first-order valence-electron chi connectivity index (χ1n) is 12.0. The number of rotatable bonds is 4. The van der Waals surface area contributed by atoms with Crippen LogP contribution >= 0.6 is 0 Å². The van der Waals surface area contributed by atoms with Gasteiger partial charge in [-0.25, -0.2) is 0 Å². The van der Waals surface area contributed by atoms with Crippen LogP contribution in [0.5, 0.6) is 0 Å². The van der Waals surface area contributed by atoms with Crippen molar-refractivity contribution in [3.63, 3.8) is 0 Å². The molecule has 166 valence electrons. The van der Waals surface area contributed by atoms with Crippen LogP contribution in [0.1, 0.15) is 100 Å². The lowest BCUT2D eigenvalue weighted by Crippen LogP contribution is -2.18. The van der Waals surface area contributed by atoms with E-state index in [4.69, 9.17) is 4.98 Å². The average molecular weight is 419 g/mol. The smallest absolute Gasteiger partial charge is 0.224 e. The summed E-state index contributed by atoms with van der Waals surface area (Å²) in [4.78, 5) is 17.9. The van der Waals surface area contributed by atoms with Crippen LogP contribution in [0.3, 0.4) is 0 Å². The van der Waals surface area contributed by atoms with Crippen LogP contribution in [-0.2, 0) is 47.7 Å². The molecule has 4 rings (SSSR count). The Balaban J connectivity index is 1.53. The summed E-state index contributed by atoms with van der Waals surface area (Å²) in [6, 6.07) is 6.93. The lowest BCUT2D eigenvalue weighted by molar-refractivity contribution is -0.116. The van der Waals surface area contributed by atoms with Gasteiger partial charge in [-0.05, 0) is 83.6 Å². The molecule has 0 bridgehead atoms. The molecule has 0 fully saturated rings. The van der Waals surface area contributed by atoms with E-state index >= 15 is 0 Å². The molecule has 2 aromatic rings. The highest BCUT2D eigenvalue weighted by atomic mass is 16.1. The van der Waals surface area contributed by atoms with E-state index in [2.05, 4.69) is 65.1 Å². The van der Waals surface area contributed by atoms with Crippen molar-refractivity contribution in [3.05, 3.63) is 57.4 Å². The lowest BCUT2D eigenvalue weighted by Gasteiger charge is -2.26. The molecule has 0 saturated heterocycles. The van der Waals surface area contributed by atoms with Crippen molar-refractivity contribution in [2.45, 2.75) is 104 Å². The Morgan fingerprint density at radius 1 is 0.839 bits per heavy atom. The molecule has 0 spiro atoms. The highest BCUT2D eigenvalue weighted by molar-refractivity contribution is 5.93. The van der Waals surface area contributed by atoms with Gasteiger partial charge >= 0.3 is 0 Å². The van der Waals surface area contributed by atoms with Crippen molar-refractivity contribution >= 4 is 11.6 Å². The Morgan fingerprint density at radius 3 is 1.84 bits per heavy atom. The fourth-order valence-corrected chi connectivity index (χ4v) is 4.90. The molecule has 2 aliphatic carbocycles. The molecule has 0 saturated carbocycles. The third kappa shape index (κ3) is 4.71. The van der Waals surface area contributed by atoms with Crippen molar-refractivity contribution in [2.24, 2.45) is 0 Å². The molecule has 3 nitrogen and oxygen atoms in total. The van der Waals surface area contributed by atoms with E-state index < -0.39 is 0 Å². The summed E-state index contributed by atoms with van der Waals surface area (Å²) in [5.41, 5.74) is 10.3. The van der Waals surface area contributed by atoms with E-state index in [-0.39, 0.29) is 16.7 Å². The SMILES string of the molecule is CC(C)(C)c1cc(CCC(=O)Nc2c3c(nc4c2CCC4)CCC3)cc(C(C)(C)C)c1. The summed E-state index contributed by atoms with van der Waals surface area (Å²) in [5.74, 6) is 0.132. The number of hydrogen-bond donors (Lipinski definition) is 1. The van der Waals surface area contributed by atoms with Crippen LogP contribution in [0.2, 0.25) is 0 Å². The molecular formula is C28H38N2O. The van der Waals surface area contributed by atoms with Gasteiger partial charge in [-0.15, -0.1) is 0 Å². The molecule has 3 heteroatoms. The molecule has 31 heavy (non-hydrogen) atoms. The number of nitrogens with zero attached hydrogens (tertiary/aromatic N) is 1. The summed E-state index contributed by atoms with van der Waals surface area (Å²) >= 11 is 0. The molecular weight excluding hydrogens is 380 g/mol. The number of hydrogen-bond acceptors (Lipinski definition) is 2. The van der Waals surface area contributed by atoms with Gasteiger partial charge in [0.05, 0.1) is 5.69 Å². The van der Waals surface area contributed by atoms with Gasteiger partial charge in [-0.1, -0.05) is 59.7 Å². The van der Waals surface area contributed by atoms with Crippen molar-refractivity contribution in [1.82, 2.24) is 4.98 Å². The maximum Gasteiger partial charge on any atom is 0.224 e. The zero-order chi connectivity index (χ0) is 22.4. The van der Waals surface area contributed by atoms with E-state index in [1.807, 2.05) is 0 Å². The van der Waals surface area contributed by atoms with Gasteiger partial charge in [0, 0.05) is 17.8 Å². The fourth-order valence-electron chi connectivity index (χ4n) is 4.90. The van der Waals surface area contributed by atoms with Crippen LogP contribution in [0.4, 0.5) is 5.69 Å². The number of benzene rings is 1. The van der Waals surface area contributed by atoms with Gasteiger partial charge in [-0.2, -0.15) is 0 Å². The first kappa shape index (κ1) is 22.0. The number of amides is 1. The third-order valence-electron chi connectivity index (χ3n) is 6.88. The minimum Gasteiger partial charge on any atom is -0.325 e. The quantitative estimate of drug-likeness (QED) is 0.640.